The molecule has 6 nitrogen and oxygen atoms in total. The molecular formula is C20H21N3O3. The molecular weight excluding hydrogens is 330 g/mol. The number of amides is 1. The summed E-state index contributed by atoms with van der Waals surface area (Å²) in [7, 11) is 0. The van der Waals surface area contributed by atoms with Gasteiger partial charge in [-0.25, -0.2) is 4.98 Å². The van der Waals surface area contributed by atoms with Crippen molar-refractivity contribution in [1.29, 1.82) is 0 Å². The molecule has 1 amide bonds. The number of aromatic nitrogens is 2. The summed E-state index contributed by atoms with van der Waals surface area (Å²) in [5, 5.41) is 4.69. The van der Waals surface area contributed by atoms with Gasteiger partial charge in [0.25, 0.3) is 11.6 Å². The number of fused-ring (bicyclic) bond motifs is 1. The zero-order chi connectivity index (χ0) is 18.1. The molecule has 1 unspecified atom stereocenters. The Balaban J connectivity index is 1.60. The monoisotopic (exact) mass is 351 g/mol. The molecule has 4 rings (SSSR count). The van der Waals surface area contributed by atoms with Gasteiger partial charge in [0.1, 0.15) is 5.75 Å². The first-order chi connectivity index (χ1) is 12.7. The van der Waals surface area contributed by atoms with E-state index >= 15 is 0 Å². The lowest BCUT2D eigenvalue weighted by Gasteiger charge is -2.25. The smallest absolute Gasteiger partial charge is 0.257 e. The summed E-state index contributed by atoms with van der Waals surface area (Å²) in [5.41, 5.74) is 2.91. The van der Waals surface area contributed by atoms with Crippen LogP contribution in [0.1, 0.15) is 47.4 Å². The highest BCUT2D eigenvalue weighted by molar-refractivity contribution is 5.97. The van der Waals surface area contributed by atoms with E-state index in [0.717, 1.165) is 41.8 Å². The van der Waals surface area contributed by atoms with E-state index in [-0.39, 0.29) is 11.9 Å². The molecule has 0 N–H and O–H groups in total. The first kappa shape index (κ1) is 16.6. The number of benzene rings is 1. The Bertz CT molecular complexity index is 933. The van der Waals surface area contributed by atoms with Crippen LogP contribution in [0, 0.1) is 6.92 Å². The SMILES string of the molecule is CCOc1ccc(C2CCCN2C(=O)c2cnc3onc(C)c3c2)cc1. The fourth-order valence-electron chi connectivity index (χ4n) is 3.54. The lowest BCUT2D eigenvalue weighted by molar-refractivity contribution is 0.0735. The van der Waals surface area contributed by atoms with E-state index in [2.05, 4.69) is 10.1 Å². The molecule has 0 aliphatic carbocycles. The molecule has 1 aliphatic heterocycles. The van der Waals surface area contributed by atoms with E-state index in [4.69, 9.17) is 9.26 Å². The topological polar surface area (TPSA) is 68.5 Å². The molecule has 0 saturated carbocycles. The van der Waals surface area contributed by atoms with Crippen molar-refractivity contribution < 1.29 is 14.1 Å². The number of ether oxygens (including phenoxy) is 1. The Labute approximate surface area is 151 Å². The van der Waals surface area contributed by atoms with E-state index < -0.39 is 0 Å². The maximum absolute atomic E-state index is 13.1. The highest BCUT2D eigenvalue weighted by Crippen LogP contribution is 2.34. The van der Waals surface area contributed by atoms with Crippen molar-refractivity contribution in [1.82, 2.24) is 15.0 Å². The van der Waals surface area contributed by atoms with Gasteiger partial charge in [0.2, 0.25) is 0 Å². The number of rotatable bonds is 4. The highest BCUT2D eigenvalue weighted by atomic mass is 16.5. The molecule has 0 bridgehead atoms. The van der Waals surface area contributed by atoms with Gasteiger partial charge in [-0.15, -0.1) is 0 Å². The Morgan fingerprint density at radius 1 is 1.35 bits per heavy atom. The number of carbonyl (C=O) groups is 1. The number of nitrogens with zero attached hydrogens (tertiary/aromatic N) is 3. The fraction of sp³-hybridized carbons (Fsp3) is 0.350. The lowest BCUT2D eigenvalue weighted by atomic mass is 10.0. The fourth-order valence-corrected chi connectivity index (χ4v) is 3.54. The summed E-state index contributed by atoms with van der Waals surface area (Å²) in [6.07, 6.45) is 3.52. The van der Waals surface area contributed by atoms with Gasteiger partial charge >= 0.3 is 0 Å². The number of pyridine rings is 1. The van der Waals surface area contributed by atoms with Crippen LogP contribution in [0.25, 0.3) is 11.1 Å². The molecule has 0 radical (unpaired) electrons. The maximum Gasteiger partial charge on any atom is 0.257 e. The van der Waals surface area contributed by atoms with Crippen molar-refractivity contribution in [3.8, 4) is 5.75 Å². The number of aryl methyl sites for hydroxylation is 1. The van der Waals surface area contributed by atoms with Crippen LogP contribution in [-0.4, -0.2) is 34.1 Å². The lowest BCUT2D eigenvalue weighted by Crippen LogP contribution is -2.30. The number of hydrogen-bond donors (Lipinski definition) is 0. The number of hydrogen-bond acceptors (Lipinski definition) is 5. The average Bonchev–Trinajstić information content (AvgIpc) is 3.29. The minimum Gasteiger partial charge on any atom is -0.494 e. The minimum atomic E-state index is -0.00335. The Morgan fingerprint density at radius 3 is 2.92 bits per heavy atom. The molecule has 26 heavy (non-hydrogen) atoms. The highest BCUT2D eigenvalue weighted by Gasteiger charge is 2.31. The molecule has 1 fully saturated rings. The van der Waals surface area contributed by atoms with Gasteiger partial charge in [-0.05, 0) is 50.5 Å². The van der Waals surface area contributed by atoms with Crippen LogP contribution in [0.15, 0.2) is 41.1 Å². The van der Waals surface area contributed by atoms with Gasteiger partial charge in [0.15, 0.2) is 0 Å². The average molecular weight is 351 g/mol. The maximum atomic E-state index is 13.1. The minimum absolute atomic E-state index is 0.00335. The van der Waals surface area contributed by atoms with Gasteiger partial charge in [-0.3, -0.25) is 4.79 Å². The molecule has 3 aromatic rings. The first-order valence-corrected chi connectivity index (χ1v) is 8.93. The van der Waals surface area contributed by atoms with Crippen LogP contribution < -0.4 is 4.74 Å². The van der Waals surface area contributed by atoms with Crippen molar-refractivity contribution in [2.45, 2.75) is 32.7 Å². The van der Waals surface area contributed by atoms with Crippen LogP contribution in [0.5, 0.6) is 5.75 Å². The van der Waals surface area contributed by atoms with E-state index in [9.17, 15) is 4.79 Å². The second kappa shape index (κ2) is 6.78. The Hall–Kier alpha value is -2.89. The standard InChI is InChI=1S/C20H21N3O3/c1-3-25-16-8-6-14(7-9-16)18-5-4-10-23(18)20(24)15-11-17-13(2)22-26-19(17)21-12-15/h6-9,11-12,18H,3-5,10H2,1-2H3. The van der Waals surface area contributed by atoms with Crippen LogP contribution in [0.2, 0.25) is 0 Å². The zero-order valence-corrected chi connectivity index (χ0v) is 14.9. The predicted octanol–water partition coefficient (Wildman–Crippen LogP) is 3.91. The third kappa shape index (κ3) is 2.92. The quantitative estimate of drug-likeness (QED) is 0.713. The van der Waals surface area contributed by atoms with E-state index in [1.54, 1.807) is 6.20 Å². The van der Waals surface area contributed by atoms with Gasteiger partial charge in [-0.2, -0.15) is 0 Å². The van der Waals surface area contributed by atoms with Crippen molar-refractivity contribution >= 4 is 17.0 Å². The Kier molecular flexibility index (Phi) is 4.32. The van der Waals surface area contributed by atoms with Crippen molar-refractivity contribution in [3.63, 3.8) is 0 Å². The third-order valence-corrected chi connectivity index (χ3v) is 4.85. The Morgan fingerprint density at radius 2 is 2.15 bits per heavy atom. The summed E-state index contributed by atoms with van der Waals surface area (Å²) in [4.78, 5) is 19.3. The van der Waals surface area contributed by atoms with Gasteiger partial charge in [-0.1, -0.05) is 17.3 Å². The van der Waals surface area contributed by atoms with Gasteiger partial charge in [0.05, 0.1) is 29.3 Å². The second-order valence-corrected chi connectivity index (χ2v) is 6.50. The van der Waals surface area contributed by atoms with Crippen LogP contribution >= 0.6 is 0 Å². The van der Waals surface area contributed by atoms with E-state index in [1.165, 1.54) is 0 Å². The van der Waals surface area contributed by atoms with Crippen LogP contribution in [0.4, 0.5) is 0 Å². The summed E-state index contributed by atoms with van der Waals surface area (Å²) in [6, 6.07) is 9.93. The molecule has 134 valence electrons. The summed E-state index contributed by atoms with van der Waals surface area (Å²) in [5.74, 6) is 0.848. The van der Waals surface area contributed by atoms with Crippen molar-refractivity contribution in [2.75, 3.05) is 13.2 Å². The molecule has 1 aliphatic rings. The summed E-state index contributed by atoms with van der Waals surface area (Å²) in [6.45, 7) is 5.20. The third-order valence-electron chi connectivity index (χ3n) is 4.85. The molecule has 1 aromatic carbocycles. The van der Waals surface area contributed by atoms with Crippen molar-refractivity contribution in [2.24, 2.45) is 0 Å². The molecule has 2 aromatic heterocycles. The van der Waals surface area contributed by atoms with Gasteiger partial charge < -0.3 is 14.2 Å². The second-order valence-electron chi connectivity index (χ2n) is 6.50. The molecule has 3 heterocycles. The molecule has 6 heteroatoms. The van der Waals surface area contributed by atoms with E-state index in [1.807, 2.05) is 49.1 Å². The largest absolute Gasteiger partial charge is 0.494 e. The van der Waals surface area contributed by atoms with Crippen molar-refractivity contribution in [3.05, 3.63) is 53.3 Å². The van der Waals surface area contributed by atoms with Gasteiger partial charge in [0, 0.05) is 12.7 Å². The summed E-state index contributed by atoms with van der Waals surface area (Å²) < 4.78 is 10.6. The van der Waals surface area contributed by atoms with Crippen LogP contribution in [-0.2, 0) is 0 Å². The van der Waals surface area contributed by atoms with E-state index in [0.29, 0.717) is 17.9 Å². The first-order valence-electron chi connectivity index (χ1n) is 8.93. The molecule has 1 saturated heterocycles. The molecule has 1 atom stereocenters. The number of carbonyl (C=O) groups excluding carboxylic acids is 1. The molecule has 0 spiro atoms. The van der Waals surface area contributed by atoms with Crippen LogP contribution in [0.3, 0.4) is 0 Å². The zero-order valence-electron chi connectivity index (χ0n) is 14.9. The summed E-state index contributed by atoms with van der Waals surface area (Å²) >= 11 is 0. The number of likely N-dealkylation sites (tertiary alicyclic amines) is 1. The predicted molar refractivity (Wildman–Crippen MR) is 97.2 cm³/mol. The normalized spacial score (nSPS) is 17.0.